The van der Waals surface area contributed by atoms with Crippen LogP contribution in [0, 0.1) is 0 Å². The van der Waals surface area contributed by atoms with E-state index in [1.54, 1.807) is 0 Å². The number of hydrogen-bond donors (Lipinski definition) is 1. The lowest BCUT2D eigenvalue weighted by atomic mass is 10.2. The van der Waals surface area contributed by atoms with Gasteiger partial charge in [0.05, 0.1) is 21.9 Å². The molecular weight excluding hydrogens is 296 g/mol. The monoisotopic (exact) mass is 314 g/mol. The molecule has 2 heterocycles. The molecule has 5 nitrogen and oxygen atoms in total. The van der Waals surface area contributed by atoms with E-state index >= 15 is 0 Å². The van der Waals surface area contributed by atoms with Crippen LogP contribution in [0.3, 0.4) is 0 Å². The fourth-order valence-electron chi connectivity index (χ4n) is 2.52. The lowest BCUT2D eigenvalue weighted by molar-refractivity contribution is -0.122. The number of aryl methyl sites for hydroxylation is 2. The number of amides is 1. The number of likely N-dealkylation sites (tertiary alicyclic amines) is 1. The first-order valence-corrected chi connectivity index (χ1v) is 7.07. The molecule has 6 heteroatoms. The number of carbonyl (C=O) groups excluding carboxylic acids is 1. The third kappa shape index (κ3) is 2.44. The highest BCUT2D eigenvalue weighted by atomic mass is 79.9. The average molecular weight is 315 g/mol. The fourth-order valence-corrected chi connectivity index (χ4v) is 3.26. The van der Waals surface area contributed by atoms with Gasteiger partial charge in [0.1, 0.15) is 0 Å². The molecule has 1 saturated heterocycles. The summed E-state index contributed by atoms with van der Waals surface area (Å²) in [5.41, 5.74) is 7.60. The maximum Gasteiger partial charge on any atom is 0.234 e. The summed E-state index contributed by atoms with van der Waals surface area (Å²) in [6, 6.07) is -0.128. The molecule has 1 aromatic rings. The van der Waals surface area contributed by atoms with Gasteiger partial charge >= 0.3 is 0 Å². The first-order chi connectivity index (χ1) is 8.54. The molecule has 0 spiro atoms. The highest BCUT2D eigenvalue weighted by molar-refractivity contribution is 9.10. The Balaban J connectivity index is 2.19. The van der Waals surface area contributed by atoms with Crippen molar-refractivity contribution in [3.63, 3.8) is 0 Å². The van der Waals surface area contributed by atoms with Gasteiger partial charge in [-0.25, -0.2) is 0 Å². The number of halogens is 1. The summed E-state index contributed by atoms with van der Waals surface area (Å²) in [6.45, 7) is 3.73. The highest BCUT2D eigenvalue weighted by Crippen LogP contribution is 2.26. The number of nitrogens with zero attached hydrogens (tertiary/aromatic N) is 3. The predicted molar refractivity (Wildman–Crippen MR) is 72.9 cm³/mol. The van der Waals surface area contributed by atoms with E-state index in [2.05, 4.69) is 32.9 Å². The van der Waals surface area contributed by atoms with Crippen molar-refractivity contribution in [2.45, 2.75) is 38.8 Å². The summed E-state index contributed by atoms with van der Waals surface area (Å²) in [5, 5.41) is 4.47. The molecular formula is C12H19BrN4O. The van der Waals surface area contributed by atoms with Gasteiger partial charge in [0.15, 0.2) is 0 Å². The van der Waals surface area contributed by atoms with E-state index in [-0.39, 0.29) is 11.9 Å². The van der Waals surface area contributed by atoms with Crippen molar-refractivity contribution in [2.24, 2.45) is 12.8 Å². The molecule has 1 atom stereocenters. The molecule has 1 aromatic heterocycles. The van der Waals surface area contributed by atoms with Gasteiger partial charge in [0, 0.05) is 13.6 Å². The molecule has 2 rings (SSSR count). The number of aromatic nitrogens is 2. The molecule has 1 amide bonds. The van der Waals surface area contributed by atoms with Crippen molar-refractivity contribution in [3.8, 4) is 0 Å². The molecule has 2 N–H and O–H groups in total. The van der Waals surface area contributed by atoms with Crippen LogP contribution in [0.1, 0.15) is 31.2 Å². The van der Waals surface area contributed by atoms with Gasteiger partial charge in [-0.3, -0.25) is 14.4 Å². The first kappa shape index (κ1) is 13.5. The second-order valence-corrected chi connectivity index (χ2v) is 5.51. The summed E-state index contributed by atoms with van der Waals surface area (Å²) in [5.74, 6) is -0.221. The Labute approximate surface area is 115 Å². The second kappa shape index (κ2) is 5.40. The number of rotatable bonds is 4. The van der Waals surface area contributed by atoms with Crippen LogP contribution in [0.15, 0.2) is 4.47 Å². The van der Waals surface area contributed by atoms with Crippen molar-refractivity contribution in [1.29, 1.82) is 0 Å². The lowest BCUT2D eigenvalue weighted by Gasteiger charge is -2.21. The summed E-state index contributed by atoms with van der Waals surface area (Å²) in [6.07, 6.45) is 2.79. The molecule has 0 aliphatic carbocycles. The highest BCUT2D eigenvalue weighted by Gasteiger charge is 2.30. The van der Waals surface area contributed by atoms with Gasteiger partial charge in [0.2, 0.25) is 5.91 Å². The van der Waals surface area contributed by atoms with E-state index in [4.69, 9.17) is 5.73 Å². The maximum absolute atomic E-state index is 11.4. The van der Waals surface area contributed by atoms with Crippen molar-refractivity contribution < 1.29 is 4.79 Å². The number of nitrogens with two attached hydrogens (primary N) is 1. The number of hydrogen-bond acceptors (Lipinski definition) is 3. The summed E-state index contributed by atoms with van der Waals surface area (Å²) in [4.78, 5) is 13.5. The molecule has 100 valence electrons. The quantitative estimate of drug-likeness (QED) is 0.908. The Morgan fingerprint density at radius 2 is 2.33 bits per heavy atom. The van der Waals surface area contributed by atoms with Crippen LogP contribution in [0.5, 0.6) is 0 Å². The molecule has 0 radical (unpaired) electrons. The van der Waals surface area contributed by atoms with Crippen molar-refractivity contribution in [3.05, 3.63) is 15.9 Å². The summed E-state index contributed by atoms with van der Waals surface area (Å²) < 4.78 is 2.95. The zero-order valence-electron chi connectivity index (χ0n) is 10.8. The van der Waals surface area contributed by atoms with Crippen molar-refractivity contribution in [2.75, 3.05) is 6.54 Å². The molecule has 1 fully saturated rings. The second-order valence-electron chi connectivity index (χ2n) is 4.72. The van der Waals surface area contributed by atoms with Crippen molar-refractivity contribution >= 4 is 21.8 Å². The molecule has 0 aromatic carbocycles. The van der Waals surface area contributed by atoms with Gasteiger partial charge in [-0.15, -0.1) is 0 Å². The number of primary amides is 1. The van der Waals surface area contributed by atoms with Crippen LogP contribution in [-0.4, -0.2) is 33.2 Å². The molecule has 0 bridgehead atoms. The van der Waals surface area contributed by atoms with Crippen LogP contribution in [-0.2, 0) is 24.8 Å². The smallest absolute Gasteiger partial charge is 0.234 e. The van der Waals surface area contributed by atoms with E-state index in [9.17, 15) is 4.79 Å². The van der Waals surface area contributed by atoms with Gasteiger partial charge < -0.3 is 5.73 Å². The fraction of sp³-hybridized carbons (Fsp3) is 0.667. The normalized spacial score (nSPS) is 20.5. The van der Waals surface area contributed by atoms with Crippen molar-refractivity contribution in [1.82, 2.24) is 14.7 Å². The average Bonchev–Trinajstić information content (AvgIpc) is 2.88. The zero-order valence-corrected chi connectivity index (χ0v) is 12.4. The van der Waals surface area contributed by atoms with E-state index in [1.807, 2.05) is 11.7 Å². The molecule has 1 aliphatic heterocycles. The van der Waals surface area contributed by atoms with Gasteiger partial charge in [-0.05, 0) is 41.7 Å². The Morgan fingerprint density at radius 3 is 2.89 bits per heavy atom. The van der Waals surface area contributed by atoms with E-state index in [0.717, 1.165) is 48.2 Å². The lowest BCUT2D eigenvalue weighted by Crippen LogP contribution is -2.40. The van der Waals surface area contributed by atoms with Crippen LogP contribution < -0.4 is 5.73 Å². The minimum atomic E-state index is -0.221. The molecule has 0 saturated carbocycles. The SMILES string of the molecule is CCc1nn(C)c(CN2CCCC2C(N)=O)c1Br. The molecule has 1 unspecified atom stereocenters. The third-order valence-corrected chi connectivity index (χ3v) is 4.46. The van der Waals surface area contributed by atoms with Crippen LogP contribution >= 0.6 is 15.9 Å². The van der Waals surface area contributed by atoms with Gasteiger partial charge in [-0.1, -0.05) is 6.92 Å². The van der Waals surface area contributed by atoms with Crippen LogP contribution in [0.4, 0.5) is 0 Å². The first-order valence-electron chi connectivity index (χ1n) is 6.28. The Bertz CT molecular complexity index is 457. The van der Waals surface area contributed by atoms with Crippen LogP contribution in [0.2, 0.25) is 0 Å². The molecule has 18 heavy (non-hydrogen) atoms. The largest absolute Gasteiger partial charge is 0.368 e. The minimum absolute atomic E-state index is 0.128. The molecule has 1 aliphatic rings. The predicted octanol–water partition coefficient (Wildman–Crippen LogP) is 1.19. The maximum atomic E-state index is 11.4. The van der Waals surface area contributed by atoms with E-state index in [0.29, 0.717) is 0 Å². The Morgan fingerprint density at radius 1 is 1.61 bits per heavy atom. The Kier molecular flexibility index (Phi) is 4.07. The minimum Gasteiger partial charge on any atom is -0.368 e. The number of carbonyl (C=O) groups is 1. The van der Waals surface area contributed by atoms with Gasteiger partial charge in [-0.2, -0.15) is 5.10 Å². The Hall–Kier alpha value is -0.880. The third-order valence-electron chi connectivity index (χ3n) is 3.55. The van der Waals surface area contributed by atoms with E-state index < -0.39 is 0 Å². The zero-order chi connectivity index (χ0) is 13.3. The van der Waals surface area contributed by atoms with E-state index in [1.165, 1.54) is 0 Å². The standard InChI is InChI=1S/C12H19BrN4O/c1-3-8-11(13)10(16(2)15-8)7-17-6-4-5-9(17)12(14)18/h9H,3-7H2,1-2H3,(H2,14,18). The van der Waals surface area contributed by atoms with Crippen LogP contribution in [0.25, 0.3) is 0 Å². The van der Waals surface area contributed by atoms with Gasteiger partial charge in [0.25, 0.3) is 0 Å². The topological polar surface area (TPSA) is 64.2 Å². The summed E-state index contributed by atoms with van der Waals surface area (Å²) >= 11 is 3.60. The summed E-state index contributed by atoms with van der Waals surface area (Å²) in [7, 11) is 1.94.